The topological polar surface area (TPSA) is 42.7 Å². The molecule has 0 saturated heterocycles. The first-order valence-electron chi connectivity index (χ1n) is 7.64. The van der Waals surface area contributed by atoms with Crippen LogP contribution in [0.4, 0.5) is 0 Å². The third kappa shape index (κ3) is 2.04. The predicted molar refractivity (Wildman–Crippen MR) is 78.1 cm³/mol. The van der Waals surface area contributed by atoms with Gasteiger partial charge < -0.3 is 9.88 Å². The molecular weight excluding hydrogens is 248 g/mol. The van der Waals surface area contributed by atoms with Crippen molar-refractivity contribution in [1.82, 2.24) is 20.1 Å². The normalized spacial score (nSPS) is 19.2. The van der Waals surface area contributed by atoms with Gasteiger partial charge in [-0.3, -0.25) is 0 Å². The second-order valence-electron chi connectivity index (χ2n) is 5.94. The van der Waals surface area contributed by atoms with Crippen LogP contribution in [0.15, 0.2) is 24.5 Å². The summed E-state index contributed by atoms with van der Waals surface area (Å²) in [5.74, 6) is 1.03. The molecule has 1 N–H and O–H groups in total. The maximum Gasteiger partial charge on any atom is 0.164 e. The van der Waals surface area contributed by atoms with Crippen molar-refractivity contribution < 1.29 is 0 Å². The van der Waals surface area contributed by atoms with Crippen molar-refractivity contribution >= 4 is 0 Å². The quantitative estimate of drug-likeness (QED) is 0.910. The van der Waals surface area contributed by atoms with E-state index in [1.54, 1.807) is 0 Å². The molecule has 1 aliphatic heterocycles. The number of nitrogens with one attached hydrogen (secondary N) is 1. The number of hydrogen-bond donors (Lipinski definition) is 1. The number of fused-ring (bicyclic) bond motifs is 1. The fourth-order valence-corrected chi connectivity index (χ4v) is 3.51. The van der Waals surface area contributed by atoms with Gasteiger partial charge in [0.1, 0.15) is 6.33 Å². The summed E-state index contributed by atoms with van der Waals surface area (Å²) in [6.07, 6.45) is 8.47. The molecule has 4 rings (SSSR count). The molecule has 0 bridgehead atoms. The highest BCUT2D eigenvalue weighted by molar-refractivity contribution is 5.58. The van der Waals surface area contributed by atoms with Crippen LogP contribution in [0, 0.1) is 0 Å². The Hall–Kier alpha value is -1.68. The smallest absolute Gasteiger partial charge is 0.164 e. The molecule has 104 valence electrons. The minimum absolute atomic E-state index is 0.583. The van der Waals surface area contributed by atoms with Crippen molar-refractivity contribution in [2.24, 2.45) is 0 Å². The number of aromatic nitrogens is 3. The fraction of sp³-hybridized carbons (Fsp3) is 0.500. The number of benzene rings is 1. The van der Waals surface area contributed by atoms with Crippen molar-refractivity contribution in [1.29, 1.82) is 0 Å². The molecule has 1 saturated carbocycles. The van der Waals surface area contributed by atoms with Crippen LogP contribution in [-0.4, -0.2) is 14.8 Å². The van der Waals surface area contributed by atoms with E-state index in [-0.39, 0.29) is 0 Å². The van der Waals surface area contributed by atoms with E-state index in [2.05, 4.69) is 38.3 Å². The van der Waals surface area contributed by atoms with Crippen molar-refractivity contribution in [2.45, 2.75) is 51.2 Å². The molecule has 0 unspecified atom stereocenters. The largest absolute Gasteiger partial charge is 0.310 e. The maximum atomic E-state index is 4.38. The lowest BCUT2D eigenvalue weighted by molar-refractivity contribution is 0.355. The van der Waals surface area contributed by atoms with Gasteiger partial charge >= 0.3 is 0 Å². The minimum atomic E-state index is 0.583. The molecule has 0 amide bonds. The van der Waals surface area contributed by atoms with E-state index < -0.39 is 0 Å². The van der Waals surface area contributed by atoms with Crippen LogP contribution in [0.3, 0.4) is 0 Å². The third-order valence-electron chi connectivity index (χ3n) is 4.64. The van der Waals surface area contributed by atoms with Crippen molar-refractivity contribution in [3.8, 4) is 11.4 Å². The van der Waals surface area contributed by atoms with Gasteiger partial charge in [-0.25, -0.2) is 0 Å². The first-order valence-corrected chi connectivity index (χ1v) is 7.64. The van der Waals surface area contributed by atoms with Crippen LogP contribution < -0.4 is 5.32 Å². The molecule has 0 spiro atoms. The molecule has 0 radical (unpaired) electrons. The van der Waals surface area contributed by atoms with Crippen molar-refractivity contribution in [3.05, 3.63) is 35.7 Å². The van der Waals surface area contributed by atoms with Crippen molar-refractivity contribution in [3.63, 3.8) is 0 Å². The molecule has 1 aromatic carbocycles. The van der Waals surface area contributed by atoms with Crippen LogP contribution >= 0.6 is 0 Å². The van der Waals surface area contributed by atoms with Crippen LogP contribution in [0.1, 0.15) is 49.3 Å². The van der Waals surface area contributed by atoms with Gasteiger partial charge in [0, 0.05) is 24.7 Å². The average molecular weight is 268 g/mol. The average Bonchev–Trinajstić information content (AvgIpc) is 3.16. The monoisotopic (exact) mass is 268 g/mol. The van der Waals surface area contributed by atoms with Gasteiger partial charge in [0.25, 0.3) is 0 Å². The summed E-state index contributed by atoms with van der Waals surface area (Å²) in [6, 6.07) is 7.28. The first-order chi connectivity index (χ1) is 9.92. The van der Waals surface area contributed by atoms with Gasteiger partial charge in [-0.2, -0.15) is 0 Å². The Morgan fingerprint density at radius 1 is 1.05 bits per heavy atom. The number of nitrogens with zero attached hydrogens (tertiary/aromatic N) is 3. The predicted octanol–water partition coefficient (Wildman–Crippen LogP) is 3.05. The molecule has 2 aromatic rings. The molecule has 4 nitrogen and oxygen atoms in total. The van der Waals surface area contributed by atoms with E-state index in [0.29, 0.717) is 6.04 Å². The standard InChI is InChI=1S/C16H20N4/c1-2-4-15(5-3-1)20-11-18-19-16(20)12-6-7-13-9-17-10-14(13)8-12/h6-8,11,15,17H,1-5,9-10H2. The second-order valence-corrected chi connectivity index (χ2v) is 5.94. The Morgan fingerprint density at radius 2 is 1.90 bits per heavy atom. The zero-order valence-corrected chi connectivity index (χ0v) is 11.7. The summed E-state index contributed by atoms with van der Waals surface area (Å²) in [6.45, 7) is 1.96. The highest BCUT2D eigenvalue weighted by Gasteiger charge is 2.20. The summed E-state index contributed by atoms with van der Waals surface area (Å²) in [4.78, 5) is 0. The molecule has 20 heavy (non-hydrogen) atoms. The third-order valence-corrected chi connectivity index (χ3v) is 4.64. The van der Waals surface area contributed by atoms with Gasteiger partial charge in [-0.15, -0.1) is 10.2 Å². The molecule has 1 aromatic heterocycles. The lowest BCUT2D eigenvalue weighted by atomic mass is 9.95. The van der Waals surface area contributed by atoms with Crippen LogP contribution in [-0.2, 0) is 13.1 Å². The van der Waals surface area contributed by atoms with Gasteiger partial charge in [0.05, 0.1) is 0 Å². The molecule has 4 heteroatoms. The van der Waals surface area contributed by atoms with E-state index in [4.69, 9.17) is 0 Å². The highest BCUT2D eigenvalue weighted by atomic mass is 15.3. The van der Waals surface area contributed by atoms with Gasteiger partial charge in [0.15, 0.2) is 5.82 Å². The van der Waals surface area contributed by atoms with Gasteiger partial charge in [-0.05, 0) is 30.0 Å². The second kappa shape index (κ2) is 5.02. The Kier molecular flexibility index (Phi) is 3.03. The van der Waals surface area contributed by atoms with Crippen molar-refractivity contribution in [2.75, 3.05) is 0 Å². The molecule has 2 heterocycles. The lowest BCUT2D eigenvalue weighted by Crippen LogP contribution is -2.13. The van der Waals surface area contributed by atoms with Crippen LogP contribution in [0.25, 0.3) is 11.4 Å². The minimum Gasteiger partial charge on any atom is -0.310 e. The molecule has 1 aliphatic carbocycles. The van der Waals surface area contributed by atoms with E-state index in [9.17, 15) is 0 Å². The van der Waals surface area contributed by atoms with E-state index >= 15 is 0 Å². The summed E-state index contributed by atoms with van der Waals surface area (Å²) in [5, 5.41) is 11.9. The summed E-state index contributed by atoms with van der Waals surface area (Å²) in [5.41, 5.74) is 4.02. The fourth-order valence-electron chi connectivity index (χ4n) is 3.51. The summed E-state index contributed by atoms with van der Waals surface area (Å²) < 4.78 is 2.29. The van der Waals surface area contributed by atoms with Gasteiger partial charge in [-0.1, -0.05) is 31.4 Å². The Morgan fingerprint density at radius 3 is 2.80 bits per heavy atom. The summed E-state index contributed by atoms with van der Waals surface area (Å²) >= 11 is 0. The lowest BCUT2D eigenvalue weighted by Gasteiger charge is -2.24. The van der Waals surface area contributed by atoms with E-state index in [1.807, 2.05) is 6.33 Å². The number of hydrogen-bond acceptors (Lipinski definition) is 3. The zero-order valence-electron chi connectivity index (χ0n) is 11.7. The van der Waals surface area contributed by atoms with Gasteiger partial charge in [0.2, 0.25) is 0 Å². The highest BCUT2D eigenvalue weighted by Crippen LogP contribution is 2.32. The van der Waals surface area contributed by atoms with E-state index in [1.165, 1.54) is 48.8 Å². The zero-order chi connectivity index (χ0) is 13.4. The van der Waals surface area contributed by atoms with Crippen LogP contribution in [0.5, 0.6) is 0 Å². The summed E-state index contributed by atoms with van der Waals surface area (Å²) in [7, 11) is 0. The molecule has 0 atom stereocenters. The Bertz CT molecular complexity index is 611. The molecular formula is C16H20N4. The van der Waals surface area contributed by atoms with E-state index in [0.717, 1.165) is 18.9 Å². The first kappa shape index (κ1) is 12.1. The molecule has 2 aliphatic rings. The number of rotatable bonds is 2. The maximum absolute atomic E-state index is 4.38. The SMILES string of the molecule is c1cc2c(cc1-c1nncn1C1CCCCC1)CNC2. The van der Waals surface area contributed by atoms with Crippen LogP contribution in [0.2, 0.25) is 0 Å². The molecule has 1 fully saturated rings. The Labute approximate surface area is 119 Å². The Balaban J connectivity index is 1.70.